The Labute approximate surface area is 98.1 Å². The Morgan fingerprint density at radius 1 is 1.18 bits per heavy atom. The highest BCUT2D eigenvalue weighted by Crippen LogP contribution is 2.18. The minimum atomic E-state index is 0.193. The van der Waals surface area contributed by atoms with Crippen LogP contribution < -0.4 is 0 Å². The highest BCUT2D eigenvalue weighted by molar-refractivity contribution is 5.96. The van der Waals surface area contributed by atoms with E-state index in [0.29, 0.717) is 17.2 Å². The first-order chi connectivity index (χ1) is 8.20. The van der Waals surface area contributed by atoms with E-state index in [9.17, 15) is 5.11 Å². The van der Waals surface area contributed by atoms with Crippen LogP contribution >= 0.6 is 0 Å². The van der Waals surface area contributed by atoms with E-state index in [0.717, 1.165) is 5.56 Å². The third-order valence-corrected chi connectivity index (χ3v) is 2.30. The third kappa shape index (κ3) is 2.39. The summed E-state index contributed by atoms with van der Waals surface area (Å²) >= 11 is 0. The lowest BCUT2D eigenvalue weighted by Crippen LogP contribution is -2.01. The molecular formula is C12H11N3O2. The van der Waals surface area contributed by atoms with Crippen molar-refractivity contribution in [2.75, 3.05) is 0 Å². The van der Waals surface area contributed by atoms with Crippen LogP contribution in [-0.4, -0.2) is 26.0 Å². The second-order valence-electron chi connectivity index (χ2n) is 3.50. The molecule has 0 radical (unpaired) electrons. The van der Waals surface area contributed by atoms with E-state index in [4.69, 9.17) is 5.21 Å². The van der Waals surface area contributed by atoms with Gasteiger partial charge in [0.1, 0.15) is 11.5 Å². The molecule has 1 heterocycles. The molecule has 0 spiro atoms. The maximum absolute atomic E-state index is 9.19. The van der Waals surface area contributed by atoms with E-state index < -0.39 is 0 Å². The number of nitrogens with zero attached hydrogens (tertiary/aromatic N) is 3. The number of hydrogen-bond donors (Lipinski definition) is 2. The number of phenols is 1. The van der Waals surface area contributed by atoms with E-state index in [1.165, 1.54) is 0 Å². The van der Waals surface area contributed by atoms with Crippen LogP contribution in [-0.2, 0) is 0 Å². The van der Waals surface area contributed by atoms with Gasteiger partial charge in [-0.05, 0) is 37.3 Å². The Kier molecular flexibility index (Phi) is 3.00. The molecule has 0 saturated carbocycles. The molecule has 0 bridgehead atoms. The van der Waals surface area contributed by atoms with Gasteiger partial charge < -0.3 is 10.3 Å². The van der Waals surface area contributed by atoms with Crippen LogP contribution in [0.2, 0.25) is 0 Å². The second kappa shape index (κ2) is 4.61. The topological polar surface area (TPSA) is 78.6 Å². The lowest BCUT2D eigenvalue weighted by molar-refractivity contribution is 0.319. The molecule has 0 aliphatic heterocycles. The molecule has 2 rings (SSSR count). The van der Waals surface area contributed by atoms with Crippen LogP contribution in [0.5, 0.6) is 5.75 Å². The maximum atomic E-state index is 9.19. The molecule has 0 fully saturated rings. The number of hydrogen-bond acceptors (Lipinski definition) is 5. The fourth-order valence-electron chi connectivity index (χ4n) is 1.36. The maximum Gasteiger partial charge on any atom is 0.159 e. The van der Waals surface area contributed by atoms with E-state index in [1.807, 2.05) is 0 Å². The molecule has 0 aliphatic rings. The first-order valence-electron chi connectivity index (χ1n) is 5.02. The van der Waals surface area contributed by atoms with E-state index in [1.54, 1.807) is 43.5 Å². The highest BCUT2D eigenvalue weighted by Gasteiger charge is 2.05. The molecule has 2 N–H and O–H groups in total. The normalized spacial score (nSPS) is 11.5. The fourth-order valence-corrected chi connectivity index (χ4v) is 1.36. The summed E-state index contributed by atoms with van der Waals surface area (Å²) in [7, 11) is 0. The van der Waals surface area contributed by atoms with Crippen LogP contribution in [0.15, 0.2) is 41.7 Å². The molecule has 1 aromatic heterocycles. The van der Waals surface area contributed by atoms with Gasteiger partial charge in [-0.15, -0.1) is 0 Å². The van der Waals surface area contributed by atoms with Crippen LogP contribution in [0, 0.1) is 0 Å². The largest absolute Gasteiger partial charge is 0.508 e. The molecule has 0 atom stereocenters. The summed E-state index contributed by atoms with van der Waals surface area (Å²) in [6.07, 6.45) is 1.60. The van der Waals surface area contributed by atoms with Crippen molar-refractivity contribution in [3.05, 3.63) is 42.2 Å². The van der Waals surface area contributed by atoms with Gasteiger partial charge in [-0.1, -0.05) is 5.16 Å². The lowest BCUT2D eigenvalue weighted by Gasteiger charge is -2.02. The van der Waals surface area contributed by atoms with Crippen molar-refractivity contribution >= 4 is 5.71 Å². The average Bonchev–Trinajstić information content (AvgIpc) is 2.39. The number of aromatic hydroxyl groups is 1. The quantitative estimate of drug-likeness (QED) is 0.469. The molecule has 2 aromatic rings. The minimum absolute atomic E-state index is 0.193. The van der Waals surface area contributed by atoms with Gasteiger partial charge in [0.25, 0.3) is 0 Å². The average molecular weight is 229 g/mol. The molecule has 5 nitrogen and oxygen atoms in total. The summed E-state index contributed by atoms with van der Waals surface area (Å²) < 4.78 is 0. The summed E-state index contributed by atoms with van der Waals surface area (Å²) in [5.41, 5.74) is 1.77. The monoisotopic (exact) mass is 229 g/mol. The van der Waals surface area contributed by atoms with Gasteiger partial charge in [-0.2, -0.15) is 0 Å². The van der Waals surface area contributed by atoms with Gasteiger partial charge in [0.15, 0.2) is 5.82 Å². The number of oxime groups is 1. The first-order valence-corrected chi connectivity index (χ1v) is 5.02. The summed E-state index contributed by atoms with van der Waals surface area (Å²) in [6, 6.07) is 8.25. The molecule has 0 aliphatic carbocycles. The van der Waals surface area contributed by atoms with Gasteiger partial charge in [-0.3, -0.25) is 0 Å². The van der Waals surface area contributed by atoms with Crippen molar-refractivity contribution in [2.24, 2.45) is 5.16 Å². The Morgan fingerprint density at radius 2 is 1.88 bits per heavy atom. The van der Waals surface area contributed by atoms with Crippen molar-refractivity contribution in [2.45, 2.75) is 6.92 Å². The fraction of sp³-hybridized carbons (Fsp3) is 0.0833. The van der Waals surface area contributed by atoms with Crippen LogP contribution in [0.25, 0.3) is 11.4 Å². The van der Waals surface area contributed by atoms with E-state index >= 15 is 0 Å². The van der Waals surface area contributed by atoms with E-state index in [2.05, 4.69) is 15.1 Å². The second-order valence-corrected chi connectivity index (χ2v) is 3.50. The zero-order chi connectivity index (χ0) is 12.3. The highest BCUT2D eigenvalue weighted by atomic mass is 16.4. The van der Waals surface area contributed by atoms with Crippen LogP contribution in [0.3, 0.4) is 0 Å². The molecule has 1 aromatic carbocycles. The smallest absolute Gasteiger partial charge is 0.159 e. The van der Waals surface area contributed by atoms with Gasteiger partial charge in [-0.25, -0.2) is 9.97 Å². The SMILES string of the molecule is C/C(=N\O)c1ccnc(-c2ccc(O)cc2)n1. The summed E-state index contributed by atoms with van der Waals surface area (Å²) in [5, 5.41) is 21.0. The molecule has 0 unspecified atom stereocenters. The Hall–Kier alpha value is -2.43. The summed E-state index contributed by atoms with van der Waals surface area (Å²) in [6.45, 7) is 1.66. The van der Waals surface area contributed by atoms with Crippen molar-refractivity contribution in [1.29, 1.82) is 0 Å². The Morgan fingerprint density at radius 3 is 2.53 bits per heavy atom. The lowest BCUT2D eigenvalue weighted by atomic mass is 10.2. The predicted molar refractivity (Wildman–Crippen MR) is 63.1 cm³/mol. The zero-order valence-corrected chi connectivity index (χ0v) is 9.20. The molecular weight excluding hydrogens is 218 g/mol. The number of phenolic OH excluding ortho intramolecular Hbond substituents is 1. The third-order valence-electron chi connectivity index (χ3n) is 2.30. The molecule has 0 saturated heterocycles. The first kappa shape index (κ1) is 11.1. The van der Waals surface area contributed by atoms with Crippen molar-refractivity contribution in [1.82, 2.24) is 9.97 Å². The van der Waals surface area contributed by atoms with E-state index in [-0.39, 0.29) is 5.75 Å². The number of rotatable bonds is 2. The molecule has 0 amide bonds. The Balaban J connectivity index is 2.43. The molecule has 5 heteroatoms. The van der Waals surface area contributed by atoms with Gasteiger partial charge >= 0.3 is 0 Å². The number of benzene rings is 1. The Bertz CT molecular complexity index is 550. The predicted octanol–water partition coefficient (Wildman–Crippen LogP) is 2.05. The van der Waals surface area contributed by atoms with Gasteiger partial charge in [0, 0.05) is 11.8 Å². The summed E-state index contributed by atoms with van der Waals surface area (Å²) in [5.74, 6) is 0.712. The minimum Gasteiger partial charge on any atom is -0.508 e. The van der Waals surface area contributed by atoms with Crippen molar-refractivity contribution in [3.63, 3.8) is 0 Å². The van der Waals surface area contributed by atoms with Crippen molar-refractivity contribution < 1.29 is 10.3 Å². The van der Waals surface area contributed by atoms with Crippen molar-refractivity contribution in [3.8, 4) is 17.1 Å². The molecule has 17 heavy (non-hydrogen) atoms. The van der Waals surface area contributed by atoms with Crippen LogP contribution in [0.1, 0.15) is 12.6 Å². The van der Waals surface area contributed by atoms with Gasteiger partial charge in [0.2, 0.25) is 0 Å². The number of aromatic nitrogens is 2. The molecule has 86 valence electrons. The van der Waals surface area contributed by atoms with Gasteiger partial charge in [0.05, 0.1) is 5.69 Å². The standard InChI is InChI=1S/C12H11N3O2/c1-8(15-17)11-6-7-13-12(14-11)9-2-4-10(16)5-3-9/h2-7,16-17H,1H3/b15-8+. The van der Waals surface area contributed by atoms with Crippen LogP contribution in [0.4, 0.5) is 0 Å². The summed E-state index contributed by atoms with van der Waals surface area (Å²) in [4.78, 5) is 8.39. The zero-order valence-electron chi connectivity index (χ0n) is 9.20.